The molecule has 1 saturated heterocycles. The van der Waals surface area contributed by atoms with Crippen molar-refractivity contribution in [3.8, 4) is 22.6 Å². The molecule has 0 radical (unpaired) electrons. The summed E-state index contributed by atoms with van der Waals surface area (Å²) in [5.74, 6) is 0.662. The average molecular weight is 655 g/mol. The van der Waals surface area contributed by atoms with E-state index >= 15 is 0 Å². The smallest absolute Gasteiger partial charge is 0.247 e. The van der Waals surface area contributed by atoms with E-state index in [1.807, 2.05) is 18.2 Å². The second kappa shape index (κ2) is 12.4. The fourth-order valence-corrected chi connectivity index (χ4v) is 6.02. The molecule has 1 aliphatic rings. The molecule has 44 heavy (non-hydrogen) atoms. The zero-order valence-corrected chi connectivity index (χ0v) is 25.9. The van der Waals surface area contributed by atoms with Gasteiger partial charge in [0.25, 0.3) is 0 Å². The van der Waals surface area contributed by atoms with Crippen molar-refractivity contribution in [2.24, 2.45) is 0 Å². The minimum atomic E-state index is -0.387. The summed E-state index contributed by atoms with van der Waals surface area (Å²) in [7, 11) is 3.03. The average Bonchev–Trinajstić information content (AvgIpc) is 3.54. The van der Waals surface area contributed by atoms with Gasteiger partial charge in [-0.3, -0.25) is 9.20 Å². The van der Waals surface area contributed by atoms with Gasteiger partial charge in [-0.15, -0.1) is 0 Å². The lowest BCUT2D eigenvalue weighted by molar-refractivity contribution is -0.111. The maximum atomic E-state index is 12.3. The molecule has 1 aliphatic heterocycles. The van der Waals surface area contributed by atoms with Crippen molar-refractivity contribution < 1.29 is 19.0 Å². The van der Waals surface area contributed by atoms with Crippen LogP contribution in [0.5, 0.6) is 11.5 Å². The van der Waals surface area contributed by atoms with Crippen LogP contribution in [0, 0.1) is 0 Å². The number of fused-ring (bicyclic) bond motifs is 3. The number of methoxy groups -OCH3 is 2. The van der Waals surface area contributed by atoms with E-state index in [4.69, 9.17) is 54.0 Å². The van der Waals surface area contributed by atoms with Crippen LogP contribution in [0.25, 0.3) is 27.8 Å². The number of benzene rings is 2. The van der Waals surface area contributed by atoms with Crippen LogP contribution in [0.15, 0.2) is 55.5 Å². The van der Waals surface area contributed by atoms with E-state index in [1.165, 1.54) is 20.3 Å². The van der Waals surface area contributed by atoms with Crippen LogP contribution < -0.4 is 25.0 Å². The Morgan fingerprint density at radius 2 is 1.75 bits per heavy atom. The molecule has 1 fully saturated rings. The molecule has 0 aliphatic carbocycles. The molecule has 0 atom stereocenters. The molecular formula is C30H26Cl3N7O4. The molecule has 11 nitrogen and oxygen atoms in total. The summed E-state index contributed by atoms with van der Waals surface area (Å²) in [5.41, 5.74) is 3.97. The summed E-state index contributed by atoms with van der Waals surface area (Å²) < 4.78 is 18.2. The van der Waals surface area contributed by atoms with Crippen LogP contribution in [-0.4, -0.2) is 65.8 Å². The van der Waals surface area contributed by atoms with Crippen LogP contribution in [-0.2, 0) is 9.53 Å². The van der Waals surface area contributed by atoms with Crippen molar-refractivity contribution in [1.82, 2.24) is 19.4 Å². The van der Waals surface area contributed by atoms with Crippen LogP contribution >= 0.6 is 34.8 Å². The van der Waals surface area contributed by atoms with E-state index in [-0.39, 0.29) is 11.9 Å². The number of halogens is 3. The van der Waals surface area contributed by atoms with Gasteiger partial charge in [-0.25, -0.2) is 9.97 Å². The van der Waals surface area contributed by atoms with E-state index in [0.717, 1.165) is 5.69 Å². The lowest BCUT2D eigenvalue weighted by Crippen LogP contribution is -2.36. The Kier molecular flexibility index (Phi) is 8.37. The quantitative estimate of drug-likeness (QED) is 0.178. The van der Waals surface area contributed by atoms with E-state index in [9.17, 15) is 4.79 Å². The number of aromatic nitrogens is 4. The first-order valence-electron chi connectivity index (χ1n) is 13.4. The fourth-order valence-electron chi connectivity index (χ4n) is 5.05. The van der Waals surface area contributed by atoms with E-state index < -0.39 is 0 Å². The topological polar surface area (TPSA) is 115 Å². The van der Waals surface area contributed by atoms with Crippen LogP contribution in [0.3, 0.4) is 0 Å². The molecule has 2 aromatic carbocycles. The second-order valence-corrected chi connectivity index (χ2v) is 10.9. The Balaban J connectivity index is 1.45. The highest BCUT2D eigenvalue weighted by Gasteiger charge is 2.23. The molecule has 0 spiro atoms. The Hall–Kier alpha value is -4.29. The van der Waals surface area contributed by atoms with Crippen molar-refractivity contribution in [3.63, 3.8) is 0 Å². The predicted octanol–water partition coefficient (Wildman–Crippen LogP) is 6.63. The maximum absolute atomic E-state index is 12.3. The zero-order chi connectivity index (χ0) is 31.0. The Morgan fingerprint density at radius 3 is 2.43 bits per heavy atom. The van der Waals surface area contributed by atoms with Gasteiger partial charge < -0.3 is 29.7 Å². The molecule has 0 bridgehead atoms. The van der Waals surface area contributed by atoms with Crippen molar-refractivity contribution in [3.05, 3.63) is 70.6 Å². The molecule has 4 heterocycles. The SMILES string of the molecule is C=CC(=O)Nc1cc(N2CCOCC2)cc(Cl)c1Nc1ncc2cc(-c3c(Cl)c(OC)cc(OC)c3Cl)c3nccn3c2n1. The molecule has 0 saturated carbocycles. The summed E-state index contributed by atoms with van der Waals surface area (Å²) in [6.07, 6.45) is 6.27. The predicted molar refractivity (Wildman–Crippen MR) is 173 cm³/mol. The van der Waals surface area contributed by atoms with E-state index in [0.29, 0.717) is 92.1 Å². The first kappa shape index (κ1) is 29.8. The Bertz CT molecular complexity index is 1900. The van der Waals surface area contributed by atoms with Gasteiger partial charge in [0.05, 0.1) is 53.9 Å². The monoisotopic (exact) mass is 653 g/mol. The van der Waals surface area contributed by atoms with Gasteiger partial charge in [0.15, 0.2) is 5.65 Å². The lowest BCUT2D eigenvalue weighted by Gasteiger charge is -2.30. The number of imidazole rings is 1. The van der Waals surface area contributed by atoms with Gasteiger partial charge in [0.1, 0.15) is 17.1 Å². The summed E-state index contributed by atoms with van der Waals surface area (Å²) in [6, 6.07) is 7.16. The van der Waals surface area contributed by atoms with Gasteiger partial charge >= 0.3 is 0 Å². The molecule has 1 amide bonds. The number of hydrogen-bond acceptors (Lipinski definition) is 9. The number of amides is 1. The second-order valence-electron chi connectivity index (χ2n) is 9.70. The van der Waals surface area contributed by atoms with Gasteiger partial charge in [0.2, 0.25) is 11.9 Å². The highest BCUT2D eigenvalue weighted by atomic mass is 35.5. The minimum absolute atomic E-state index is 0.245. The number of carbonyl (C=O) groups excluding carboxylic acids is 1. The largest absolute Gasteiger partial charge is 0.495 e. The summed E-state index contributed by atoms with van der Waals surface area (Å²) >= 11 is 20.3. The van der Waals surface area contributed by atoms with Gasteiger partial charge in [-0.1, -0.05) is 41.4 Å². The molecular weight excluding hydrogens is 629 g/mol. The molecule has 6 rings (SSSR count). The van der Waals surface area contributed by atoms with Crippen molar-refractivity contribution >= 4 is 80.4 Å². The highest BCUT2D eigenvalue weighted by molar-refractivity contribution is 6.41. The number of morpholine rings is 1. The molecule has 0 unspecified atom stereocenters. The number of rotatable bonds is 8. The van der Waals surface area contributed by atoms with E-state index in [1.54, 1.807) is 29.1 Å². The first-order valence-corrected chi connectivity index (χ1v) is 14.6. The molecule has 3 aromatic heterocycles. The van der Waals surface area contributed by atoms with Crippen molar-refractivity contribution in [2.75, 3.05) is 56.1 Å². The van der Waals surface area contributed by atoms with Crippen LogP contribution in [0.4, 0.5) is 23.0 Å². The van der Waals surface area contributed by atoms with Gasteiger partial charge in [-0.05, 0) is 24.3 Å². The number of nitrogens with zero attached hydrogens (tertiary/aromatic N) is 5. The van der Waals surface area contributed by atoms with E-state index in [2.05, 4.69) is 32.1 Å². The summed E-state index contributed by atoms with van der Waals surface area (Å²) in [5, 5.41) is 7.70. The number of pyridine rings is 1. The summed E-state index contributed by atoms with van der Waals surface area (Å²) in [4.78, 5) is 28.4. The van der Waals surface area contributed by atoms with Crippen LogP contribution in [0.2, 0.25) is 15.1 Å². The Morgan fingerprint density at radius 1 is 1.02 bits per heavy atom. The maximum Gasteiger partial charge on any atom is 0.247 e. The normalized spacial score (nSPS) is 13.2. The number of ether oxygens (including phenoxy) is 3. The third-order valence-electron chi connectivity index (χ3n) is 7.18. The standard InChI is InChI=1S/C30H26Cl3N7O4/c1-4-23(41)36-20-13-17(39-7-9-44-10-8-39)12-19(31)27(20)37-30-35-15-16-11-18(29-34-5-6-40(29)28(16)38-30)24-25(32)21(42-2)14-22(43-3)26(24)33/h4-6,11-15H,1,7-10H2,2-3H3,(H,36,41)(H,35,37,38). The third-order valence-corrected chi connectivity index (χ3v) is 8.23. The van der Waals surface area contributed by atoms with Crippen LogP contribution in [0.1, 0.15) is 0 Å². The number of anilines is 4. The zero-order valence-electron chi connectivity index (χ0n) is 23.7. The van der Waals surface area contributed by atoms with Gasteiger partial charge in [-0.2, -0.15) is 4.98 Å². The molecule has 5 aromatic rings. The number of nitrogens with one attached hydrogen (secondary N) is 2. The minimum Gasteiger partial charge on any atom is -0.495 e. The lowest BCUT2D eigenvalue weighted by atomic mass is 10.0. The molecule has 226 valence electrons. The number of hydrogen-bond donors (Lipinski definition) is 2. The van der Waals surface area contributed by atoms with Crippen molar-refractivity contribution in [1.29, 1.82) is 0 Å². The summed E-state index contributed by atoms with van der Waals surface area (Å²) in [6.45, 7) is 6.17. The third kappa shape index (κ3) is 5.43. The molecule has 2 N–H and O–H groups in total. The van der Waals surface area contributed by atoms with Gasteiger partial charge in [0, 0.05) is 59.9 Å². The first-order chi connectivity index (χ1) is 21.3. The Labute approximate surface area is 267 Å². The molecule has 14 heteroatoms. The highest BCUT2D eigenvalue weighted by Crippen LogP contribution is 2.47. The number of carbonyl (C=O) groups is 1. The fraction of sp³-hybridized carbons (Fsp3) is 0.200. The van der Waals surface area contributed by atoms with Crippen molar-refractivity contribution in [2.45, 2.75) is 0 Å².